The minimum Gasteiger partial charge on any atom is -0.382 e. The predicted octanol–water partition coefficient (Wildman–Crippen LogP) is 3.95. The van der Waals surface area contributed by atoms with Gasteiger partial charge in [0.05, 0.1) is 11.0 Å². The normalized spacial score (nSPS) is 15.3. The molecule has 2 heterocycles. The van der Waals surface area contributed by atoms with E-state index in [1.165, 1.54) is 19.3 Å². The van der Waals surface area contributed by atoms with Crippen LogP contribution in [0.15, 0.2) is 24.3 Å². The molecule has 1 aromatic carbocycles. The van der Waals surface area contributed by atoms with Crippen LogP contribution < -0.4 is 11.1 Å². The number of anilines is 1. The summed E-state index contributed by atoms with van der Waals surface area (Å²) < 4.78 is 2.23. The number of fused-ring (bicyclic) bond motifs is 3. The number of hydrogen-bond donors (Lipinski definition) is 2. The molecule has 0 unspecified atom stereocenters. The van der Waals surface area contributed by atoms with Gasteiger partial charge in [-0.25, -0.2) is 9.97 Å². The van der Waals surface area contributed by atoms with Crippen LogP contribution in [0.2, 0.25) is 0 Å². The summed E-state index contributed by atoms with van der Waals surface area (Å²) in [6, 6.07) is 8.06. The van der Waals surface area contributed by atoms with E-state index in [9.17, 15) is 4.79 Å². The van der Waals surface area contributed by atoms with E-state index in [4.69, 9.17) is 5.73 Å². The summed E-state index contributed by atoms with van der Waals surface area (Å²) in [5.41, 5.74) is 8.89. The van der Waals surface area contributed by atoms with E-state index in [0.29, 0.717) is 5.82 Å². The molecule has 6 heteroatoms. The zero-order valence-electron chi connectivity index (χ0n) is 16.6. The maximum Gasteiger partial charge on any atom is 0.223 e. The Bertz CT molecular complexity index is 987. The summed E-state index contributed by atoms with van der Waals surface area (Å²) in [6.45, 7) is 3.61. The summed E-state index contributed by atoms with van der Waals surface area (Å²) in [7, 11) is 0. The van der Waals surface area contributed by atoms with Crippen molar-refractivity contribution in [3.05, 3.63) is 30.1 Å². The van der Waals surface area contributed by atoms with Crippen LogP contribution in [0.25, 0.3) is 21.9 Å². The monoisotopic (exact) mass is 379 g/mol. The van der Waals surface area contributed by atoms with Gasteiger partial charge in [-0.15, -0.1) is 0 Å². The highest BCUT2D eigenvalue weighted by atomic mass is 16.1. The van der Waals surface area contributed by atoms with Gasteiger partial charge in [-0.3, -0.25) is 4.79 Å². The topological polar surface area (TPSA) is 85.8 Å². The summed E-state index contributed by atoms with van der Waals surface area (Å²) in [5, 5.41) is 4.21. The molecule has 0 saturated heterocycles. The van der Waals surface area contributed by atoms with Crippen LogP contribution in [-0.4, -0.2) is 27.0 Å². The molecule has 6 nitrogen and oxygen atoms in total. The fraction of sp³-hybridized carbons (Fsp3) is 0.500. The van der Waals surface area contributed by atoms with Crippen molar-refractivity contribution in [1.29, 1.82) is 0 Å². The highest BCUT2D eigenvalue weighted by molar-refractivity contribution is 6.06. The molecule has 3 aromatic rings. The van der Waals surface area contributed by atoms with Crippen LogP contribution in [0, 0.1) is 12.8 Å². The number of pyridine rings is 1. The standard InChI is InChI=1S/C22H29N5O/c1-15-25-19-20(17-11-5-6-12-18(17)26-21(19)23)27(15)14-8-7-13-24-22(28)16-9-3-2-4-10-16/h5-6,11-12,16H,2-4,7-10,13-14H2,1H3,(H2,23,26)(H,24,28). The number of aryl methyl sites for hydroxylation is 2. The smallest absolute Gasteiger partial charge is 0.223 e. The number of nitrogens with two attached hydrogens (primary N) is 1. The van der Waals surface area contributed by atoms with Gasteiger partial charge >= 0.3 is 0 Å². The van der Waals surface area contributed by atoms with E-state index in [1.807, 2.05) is 25.1 Å². The first-order chi connectivity index (χ1) is 13.6. The Morgan fingerprint density at radius 2 is 1.96 bits per heavy atom. The first-order valence-corrected chi connectivity index (χ1v) is 10.4. The summed E-state index contributed by atoms with van der Waals surface area (Å²) in [5.74, 6) is 1.91. The fourth-order valence-corrected chi connectivity index (χ4v) is 4.36. The molecule has 0 atom stereocenters. The third-order valence-electron chi connectivity index (χ3n) is 5.88. The van der Waals surface area contributed by atoms with E-state index in [1.54, 1.807) is 0 Å². The van der Waals surface area contributed by atoms with Crippen molar-refractivity contribution < 1.29 is 4.79 Å². The average Bonchev–Trinajstić information content (AvgIpc) is 3.05. The van der Waals surface area contributed by atoms with Crippen LogP contribution in [0.4, 0.5) is 5.82 Å². The van der Waals surface area contributed by atoms with E-state index in [2.05, 4.69) is 25.9 Å². The van der Waals surface area contributed by atoms with Gasteiger partial charge in [0.15, 0.2) is 5.82 Å². The molecule has 2 aromatic heterocycles. The van der Waals surface area contributed by atoms with Crippen LogP contribution >= 0.6 is 0 Å². The number of aromatic nitrogens is 3. The van der Waals surface area contributed by atoms with Gasteiger partial charge in [-0.1, -0.05) is 37.5 Å². The molecular weight excluding hydrogens is 350 g/mol. The van der Waals surface area contributed by atoms with Crippen LogP contribution in [0.1, 0.15) is 50.8 Å². The highest BCUT2D eigenvalue weighted by Crippen LogP contribution is 2.28. The van der Waals surface area contributed by atoms with Crippen molar-refractivity contribution in [3.8, 4) is 0 Å². The highest BCUT2D eigenvalue weighted by Gasteiger charge is 2.20. The minimum atomic E-state index is 0.232. The Labute approximate surface area is 165 Å². The zero-order chi connectivity index (χ0) is 19.5. The fourth-order valence-electron chi connectivity index (χ4n) is 4.36. The van der Waals surface area contributed by atoms with Crippen LogP contribution in [-0.2, 0) is 11.3 Å². The number of nitrogens with one attached hydrogen (secondary N) is 1. The van der Waals surface area contributed by atoms with Crippen molar-refractivity contribution in [2.24, 2.45) is 5.92 Å². The third kappa shape index (κ3) is 3.68. The number of carbonyl (C=O) groups excluding carboxylic acids is 1. The number of imidazole rings is 1. The number of nitrogen functional groups attached to an aromatic ring is 1. The average molecular weight is 380 g/mol. The minimum absolute atomic E-state index is 0.232. The van der Waals surface area contributed by atoms with Crippen molar-refractivity contribution in [2.75, 3.05) is 12.3 Å². The lowest BCUT2D eigenvalue weighted by Crippen LogP contribution is -2.32. The molecule has 1 aliphatic rings. The number of para-hydroxylation sites is 1. The summed E-state index contributed by atoms with van der Waals surface area (Å²) in [4.78, 5) is 21.4. The van der Waals surface area contributed by atoms with Gasteiger partial charge in [-0.2, -0.15) is 0 Å². The van der Waals surface area contributed by atoms with Crippen molar-refractivity contribution in [3.63, 3.8) is 0 Å². The van der Waals surface area contributed by atoms with Gasteiger partial charge in [-0.05, 0) is 38.7 Å². The molecule has 0 bridgehead atoms. The molecule has 3 N–H and O–H groups in total. The lowest BCUT2D eigenvalue weighted by atomic mass is 9.89. The summed E-state index contributed by atoms with van der Waals surface area (Å²) in [6.07, 6.45) is 7.69. The van der Waals surface area contributed by atoms with Crippen LogP contribution in [0.5, 0.6) is 0 Å². The predicted molar refractivity (Wildman–Crippen MR) is 113 cm³/mol. The Morgan fingerprint density at radius 1 is 1.18 bits per heavy atom. The van der Waals surface area contributed by atoms with Crippen molar-refractivity contribution in [1.82, 2.24) is 19.9 Å². The molecule has 0 radical (unpaired) electrons. The lowest BCUT2D eigenvalue weighted by Gasteiger charge is -2.20. The second-order valence-electron chi connectivity index (χ2n) is 7.86. The third-order valence-corrected chi connectivity index (χ3v) is 5.88. The molecule has 148 valence electrons. The van der Waals surface area contributed by atoms with E-state index < -0.39 is 0 Å². The van der Waals surface area contributed by atoms with Crippen molar-refractivity contribution in [2.45, 2.75) is 58.4 Å². The number of nitrogens with zero attached hydrogens (tertiary/aromatic N) is 3. The molecule has 0 spiro atoms. The lowest BCUT2D eigenvalue weighted by molar-refractivity contribution is -0.125. The second kappa shape index (κ2) is 8.17. The zero-order valence-corrected chi connectivity index (χ0v) is 16.6. The second-order valence-corrected chi connectivity index (χ2v) is 7.86. The van der Waals surface area contributed by atoms with Crippen molar-refractivity contribution >= 4 is 33.7 Å². The maximum absolute atomic E-state index is 12.3. The number of rotatable bonds is 6. The Balaban J connectivity index is 1.41. The molecule has 1 amide bonds. The van der Waals surface area contributed by atoms with Crippen LogP contribution in [0.3, 0.4) is 0 Å². The largest absolute Gasteiger partial charge is 0.382 e. The Hall–Kier alpha value is -2.63. The summed E-state index contributed by atoms with van der Waals surface area (Å²) >= 11 is 0. The molecule has 28 heavy (non-hydrogen) atoms. The SMILES string of the molecule is Cc1nc2c(N)nc3ccccc3c2n1CCCCNC(=O)C1CCCCC1. The molecular formula is C22H29N5O. The van der Waals surface area contributed by atoms with E-state index >= 15 is 0 Å². The van der Waals surface area contributed by atoms with Gasteiger partial charge in [0.25, 0.3) is 0 Å². The van der Waals surface area contributed by atoms with Gasteiger partial charge in [0, 0.05) is 24.4 Å². The number of benzene rings is 1. The Morgan fingerprint density at radius 3 is 2.79 bits per heavy atom. The van der Waals surface area contributed by atoms with E-state index in [0.717, 1.165) is 66.5 Å². The number of hydrogen-bond acceptors (Lipinski definition) is 4. The quantitative estimate of drug-likeness (QED) is 0.635. The molecule has 1 aliphatic carbocycles. The van der Waals surface area contributed by atoms with Gasteiger partial charge in [0.2, 0.25) is 5.91 Å². The first-order valence-electron chi connectivity index (χ1n) is 10.4. The van der Waals surface area contributed by atoms with Gasteiger partial charge in [0.1, 0.15) is 11.3 Å². The molecule has 1 fully saturated rings. The molecule has 1 saturated carbocycles. The van der Waals surface area contributed by atoms with E-state index in [-0.39, 0.29) is 11.8 Å². The first kappa shape index (κ1) is 18.7. The number of unbranched alkanes of at least 4 members (excludes halogenated alkanes) is 1. The molecule has 0 aliphatic heterocycles. The van der Waals surface area contributed by atoms with Gasteiger partial charge < -0.3 is 15.6 Å². The Kier molecular flexibility index (Phi) is 5.46. The number of amides is 1. The number of carbonyl (C=O) groups is 1. The maximum atomic E-state index is 12.3. The molecule has 4 rings (SSSR count).